The van der Waals surface area contributed by atoms with Gasteiger partial charge in [-0.25, -0.2) is 0 Å². The van der Waals surface area contributed by atoms with Crippen LogP contribution in [-0.2, 0) is 0 Å². The third-order valence-corrected chi connectivity index (χ3v) is 3.34. The Bertz CT molecular complexity index is 710. The first-order valence-electron chi connectivity index (χ1n) is 7.19. The fourth-order valence-corrected chi connectivity index (χ4v) is 2.12. The van der Waals surface area contributed by atoms with Gasteiger partial charge in [0.1, 0.15) is 18.5 Å². The number of fused-ring (bicyclic) bond motifs is 1. The zero-order chi connectivity index (χ0) is 16.1. The molecule has 0 spiro atoms. The van der Waals surface area contributed by atoms with E-state index >= 15 is 0 Å². The van der Waals surface area contributed by atoms with Gasteiger partial charge in [-0.1, -0.05) is 0 Å². The smallest absolute Gasteiger partial charge is 0.231 e. The molecule has 2 N–H and O–H groups in total. The first-order valence-corrected chi connectivity index (χ1v) is 7.19. The number of benzene rings is 2. The molecule has 0 aliphatic carbocycles. The Labute approximate surface area is 133 Å². The van der Waals surface area contributed by atoms with Gasteiger partial charge in [0.2, 0.25) is 6.79 Å². The van der Waals surface area contributed by atoms with Crippen LogP contribution in [0.5, 0.6) is 17.2 Å². The number of anilines is 1. The third-order valence-electron chi connectivity index (χ3n) is 3.34. The molecule has 0 bridgehead atoms. The number of nitrogens with zero attached hydrogens (tertiary/aromatic N) is 1. The molecule has 6 nitrogen and oxygen atoms in total. The molecule has 1 heterocycles. The van der Waals surface area contributed by atoms with Crippen molar-refractivity contribution in [1.82, 2.24) is 0 Å². The molecule has 6 heteroatoms. The highest BCUT2D eigenvalue weighted by Crippen LogP contribution is 2.35. The van der Waals surface area contributed by atoms with Crippen molar-refractivity contribution in [3.63, 3.8) is 0 Å². The summed E-state index contributed by atoms with van der Waals surface area (Å²) in [6, 6.07) is 14.4. The van der Waals surface area contributed by atoms with E-state index in [1.807, 2.05) is 0 Å². The second-order valence-corrected chi connectivity index (χ2v) is 5.05. The molecule has 0 saturated heterocycles. The summed E-state index contributed by atoms with van der Waals surface area (Å²) in [6.07, 6.45) is -0.670. The Kier molecular flexibility index (Phi) is 4.50. The summed E-state index contributed by atoms with van der Waals surface area (Å²) in [7, 11) is 0. The Morgan fingerprint density at radius 1 is 1.17 bits per heavy atom. The summed E-state index contributed by atoms with van der Waals surface area (Å²) in [6.45, 7) is 0.718. The predicted molar refractivity (Wildman–Crippen MR) is 83.7 cm³/mol. The summed E-state index contributed by atoms with van der Waals surface area (Å²) in [5.41, 5.74) is 1.44. The van der Waals surface area contributed by atoms with Crippen molar-refractivity contribution in [2.75, 3.05) is 25.3 Å². The molecule has 0 amide bonds. The van der Waals surface area contributed by atoms with Crippen LogP contribution in [-0.4, -0.2) is 31.2 Å². The van der Waals surface area contributed by atoms with Gasteiger partial charge in [0.15, 0.2) is 11.5 Å². The van der Waals surface area contributed by atoms with Crippen molar-refractivity contribution < 1.29 is 19.3 Å². The lowest BCUT2D eigenvalue weighted by Crippen LogP contribution is -2.26. The van der Waals surface area contributed by atoms with Crippen LogP contribution in [0.2, 0.25) is 0 Å². The van der Waals surface area contributed by atoms with E-state index in [-0.39, 0.29) is 13.4 Å². The van der Waals surface area contributed by atoms with Crippen molar-refractivity contribution in [3.05, 3.63) is 48.0 Å². The fourth-order valence-electron chi connectivity index (χ4n) is 2.12. The molecule has 1 unspecified atom stereocenters. The number of nitriles is 1. The number of rotatable bonds is 6. The second-order valence-electron chi connectivity index (χ2n) is 5.05. The topological polar surface area (TPSA) is 83.7 Å². The van der Waals surface area contributed by atoms with Gasteiger partial charge in [-0.3, -0.25) is 0 Å². The highest BCUT2D eigenvalue weighted by atomic mass is 16.7. The van der Waals surface area contributed by atoms with E-state index in [2.05, 4.69) is 11.4 Å². The van der Waals surface area contributed by atoms with Crippen molar-refractivity contribution in [2.24, 2.45) is 0 Å². The van der Waals surface area contributed by atoms with Crippen molar-refractivity contribution in [2.45, 2.75) is 6.10 Å². The van der Waals surface area contributed by atoms with Crippen molar-refractivity contribution in [1.29, 1.82) is 5.26 Å². The quantitative estimate of drug-likeness (QED) is 0.850. The summed E-state index contributed by atoms with van der Waals surface area (Å²) >= 11 is 0. The van der Waals surface area contributed by atoms with Crippen LogP contribution in [0.4, 0.5) is 5.69 Å². The van der Waals surface area contributed by atoms with Gasteiger partial charge < -0.3 is 24.6 Å². The minimum Gasteiger partial charge on any atom is -0.491 e. The molecule has 1 atom stereocenters. The number of hydrogen-bond donors (Lipinski definition) is 2. The lowest BCUT2D eigenvalue weighted by Gasteiger charge is -2.14. The van der Waals surface area contributed by atoms with Crippen molar-refractivity contribution >= 4 is 5.69 Å². The van der Waals surface area contributed by atoms with E-state index in [4.69, 9.17) is 19.5 Å². The fraction of sp³-hybridized carbons (Fsp3) is 0.235. The van der Waals surface area contributed by atoms with E-state index in [9.17, 15) is 5.11 Å². The van der Waals surface area contributed by atoms with Gasteiger partial charge in [0.05, 0.1) is 11.6 Å². The predicted octanol–water partition coefficient (Wildman–Crippen LogP) is 2.14. The molecule has 23 heavy (non-hydrogen) atoms. The maximum Gasteiger partial charge on any atom is 0.231 e. The lowest BCUT2D eigenvalue weighted by atomic mass is 10.2. The molecule has 2 aromatic carbocycles. The first kappa shape index (κ1) is 15.0. The van der Waals surface area contributed by atoms with Crippen LogP contribution in [0.1, 0.15) is 5.56 Å². The molecule has 1 aliphatic rings. The molecule has 3 rings (SSSR count). The number of aliphatic hydroxyl groups is 1. The average molecular weight is 312 g/mol. The highest BCUT2D eigenvalue weighted by molar-refractivity contribution is 5.48. The SMILES string of the molecule is N#Cc1ccc(NCC(O)COc2ccc3c(c2)OCO3)cc1. The van der Waals surface area contributed by atoms with Crippen LogP contribution < -0.4 is 19.5 Å². The molecule has 2 aromatic rings. The Hall–Kier alpha value is -2.91. The van der Waals surface area contributed by atoms with E-state index in [1.165, 1.54) is 0 Å². The van der Waals surface area contributed by atoms with Crippen LogP contribution >= 0.6 is 0 Å². The monoisotopic (exact) mass is 312 g/mol. The molecule has 118 valence electrons. The standard InChI is InChI=1S/C17H16N2O4/c18-8-12-1-3-13(4-2-12)19-9-14(20)10-21-15-5-6-16-17(7-15)23-11-22-16/h1-7,14,19-20H,9-11H2. The highest BCUT2D eigenvalue weighted by Gasteiger charge is 2.14. The van der Waals surface area contributed by atoms with E-state index in [0.717, 1.165) is 5.69 Å². The molecule has 0 fully saturated rings. The van der Waals surface area contributed by atoms with Crippen LogP contribution in [0, 0.1) is 11.3 Å². The normalized spacial score (nSPS) is 13.2. The number of ether oxygens (including phenoxy) is 3. The molecular weight excluding hydrogens is 296 g/mol. The van der Waals surface area contributed by atoms with Gasteiger partial charge in [-0.15, -0.1) is 0 Å². The first-order chi connectivity index (χ1) is 11.2. The van der Waals surface area contributed by atoms with Gasteiger partial charge in [0.25, 0.3) is 0 Å². The minimum atomic E-state index is -0.670. The summed E-state index contributed by atoms with van der Waals surface area (Å²) in [4.78, 5) is 0. The van der Waals surface area contributed by atoms with Crippen LogP contribution in [0.3, 0.4) is 0 Å². The average Bonchev–Trinajstić information content (AvgIpc) is 3.06. The van der Waals surface area contributed by atoms with E-state index in [0.29, 0.717) is 29.4 Å². The zero-order valence-corrected chi connectivity index (χ0v) is 12.4. The molecular formula is C17H16N2O4. The Balaban J connectivity index is 1.46. The van der Waals surface area contributed by atoms with E-state index < -0.39 is 6.10 Å². The molecule has 1 aliphatic heterocycles. The maximum absolute atomic E-state index is 9.97. The maximum atomic E-state index is 9.97. The lowest BCUT2D eigenvalue weighted by molar-refractivity contribution is 0.117. The number of nitrogens with one attached hydrogen (secondary N) is 1. The second kappa shape index (κ2) is 6.90. The minimum absolute atomic E-state index is 0.156. The summed E-state index contributed by atoms with van der Waals surface area (Å²) < 4.78 is 16.0. The number of aliphatic hydroxyl groups excluding tert-OH is 1. The number of hydrogen-bond acceptors (Lipinski definition) is 6. The van der Waals surface area contributed by atoms with Gasteiger partial charge in [-0.05, 0) is 36.4 Å². The largest absolute Gasteiger partial charge is 0.491 e. The molecule has 0 saturated carbocycles. The summed E-state index contributed by atoms with van der Waals surface area (Å²) in [5.74, 6) is 1.96. The summed E-state index contributed by atoms with van der Waals surface area (Å²) in [5, 5.41) is 21.8. The van der Waals surface area contributed by atoms with Gasteiger partial charge in [-0.2, -0.15) is 5.26 Å². The zero-order valence-electron chi connectivity index (χ0n) is 12.4. The van der Waals surface area contributed by atoms with Crippen LogP contribution in [0.15, 0.2) is 42.5 Å². The van der Waals surface area contributed by atoms with E-state index in [1.54, 1.807) is 42.5 Å². The van der Waals surface area contributed by atoms with Crippen LogP contribution in [0.25, 0.3) is 0 Å². The molecule has 0 radical (unpaired) electrons. The Morgan fingerprint density at radius 3 is 2.74 bits per heavy atom. The van der Waals surface area contributed by atoms with Gasteiger partial charge >= 0.3 is 0 Å². The third kappa shape index (κ3) is 3.84. The Morgan fingerprint density at radius 2 is 1.96 bits per heavy atom. The van der Waals surface area contributed by atoms with Gasteiger partial charge in [0, 0.05) is 18.3 Å². The molecule has 0 aromatic heterocycles. The van der Waals surface area contributed by atoms with Crippen molar-refractivity contribution in [3.8, 4) is 23.3 Å².